The number of ether oxygens (including phenoxy) is 1. The number of hydrogen-bond acceptors (Lipinski definition) is 4. The van der Waals surface area contributed by atoms with Crippen molar-refractivity contribution in [3.05, 3.63) is 93.7 Å². The number of methoxy groups -OCH3 is 1. The first-order chi connectivity index (χ1) is 16.9. The third kappa shape index (κ3) is 6.54. The van der Waals surface area contributed by atoms with Gasteiger partial charge < -0.3 is 15.0 Å². The second-order valence-electron chi connectivity index (χ2n) is 8.23. The largest absolute Gasteiger partial charge is 0.495 e. The van der Waals surface area contributed by atoms with E-state index in [-0.39, 0.29) is 11.7 Å². The first-order valence-corrected chi connectivity index (χ1v) is 12.0. The Morgan fingerprint density at radius 1 is 1.06 bits per heavy atom. The van der Waals surface area contributed by atoms with Gasteiger partial charge in [-0.3, -0.25) is 9.69 Å². The predicted molar refractivity (Wildman–Crippen MR) is 141 cm³/mol. The number of halogens is 3. The van der Waals surface area contributed by atoms with Gasteiger partial charge in [0.25, 0.3) is 0 Å². The first kappa shape index (κ1) is 25.0. The average molecular weight is 514 g/mol. The first-order valence-electron chi connectivity index (χ1n) is 11.3. The van der Waals surface area contributed by atoms with Gasteiger partial charge in [-0.15, -0.1) is 0 Å². The fourth-order valence-corrected chi connectivity index (χ4v) is 4.64. The van der Waals surface area contributed by atoms with Crippen molar-refractivity contribution in [2.24, 2.45) is 0 Å². The minimum Gasteiger partial charge on any atom is -0.495 e. The van der Waals surface area contributed by atoms with Crippen LogP contribution in [0.5, 0.6) is 5.75 Å². The zero-order valence-electron chi connectivity index (χ0n) is 19.3. The number of benzene rings is 3. The van der Waals surface area contributed by atoms with Crippen molar-refractivity contribution in [1.82, 2.24) is 4.90 Å². The molecule has 5 nitrogen and oxygen atoms in total. The number of rotatable bonds is 7. The molecule has 1 aliphatic rings. The Hall–Kier alpha value is -3.06. The van der Waals surface area contributed by atoms with Crippen molar-refractivity contribution >= 4 is 46.6 Å². The molecule has 182 valence electrons. The molecule has 1 aliphatic heterocycles. The van der Waals surface area contributed by atoms with Crippen LogP contribution >= 0.6 is 23.2 Å². The van der Waals surface area contributed by atoms with Crippen LogP contribution in [0.15, 0.2) is 66.7 Å². The molecule has 1 amide bonds. The Bertz CT molecular complexity index is 1210. The summed E-state index contributed by atoms with van der Waals surface area (Å²) < 4.78 is 19.2. The third-order valence-corrected chi connectivity index (χ3v) is 6.38. The summed E-state index contributed by atoms with van der Waals surface area (Å²) in [6.45, 7) is 4.04. The van der Waals surface area contributed by atoms with E-state index in [1.54, 1.807) is 24.3 Å². The highest BCUT2D eigenvalue weighted by Crippen LogP contribution is 2.33. The SMILES string of the molecule is COc1c(Cl)cc(Cl)cc1C=CC(=O)Nc1ccc(N2CCN(Cc3ccccc3F)CC2)cc1. The summed E-state index contributed by atoms with van der Waals surface area (Å²) in [5, 5.41) is 3.69. The Labute approximate surface area is 214 Å². The van der Waals surface area contributed by atoms with Crippen molar-refractivity contribution in [3.8, 4) is 5.75 Å². The normalized spacial score (nSPS) is 14.3. The van der Waals surface area contributed by atoms with Gasteiger partial charge in [0.2, 0.25) is 5.91 Å². The highest BCUT2D eigenvalue weighted by molar-refractivity contribution is 6.36. The molecular formula is C27H26Cl2FN3O2. The molecule has 0 aromatic heterocycles. The van der Waals surface area contributed by atoms with Crippen LogP contribution in [0.2, 0.25) is 10.0 Å². The summed E-state index contributed by atoms with van der Waals surface area (Å²) in [6.07, 6.45) is 3.02. The molecule has 3 aromatic carbocycles. The summed E-state index contributed by atoms with van der Waals surface area (Å²) in [4.78, 5) is 17.0. The number of nitrogens with zero attached hydrogens (tertiary/aromatic N) is 2. The highest BCUT2D eigenvalue weighted by atomic mass is 35.5. The number of nitrogens with one attached hydrogen (secondary N) is 1. The van der Waals surface area contributed by atoms with Crippen LogP contribution in [-0.2, 0) is 11.3 Å². The standard InChI is InChI=1S/C27H26Cl2FN3O2/c1-35-27-19(16-21(28)17-24(27)29)6-11-26(34)31-22-7-9-23(10-8-22)33-14-12-32(13-15-33)18-20-4-2-3-5-25(20)30/h2-11,16-17H,12-15,18H2,1H3,(H,31,34). The van der Waals surface area contributed by atoms with Gasteiger partial charge in [0.15, 0.2) is 0 Å². The van der Waals surface area contributed by atoms with Gasteiger partial charge in [0.1, 0.15) is 11.6 Å². The molecule has 0 spiro atoms. The van der Waals surface area contributed by atoms with Crippen LogP contribution in [-0.4, -0.2) is 44.1 Å². The van der Waals surface area contributed by atoms with Crippen LogP contribution in [0.4, 0.5) is 15.8 Å². The second kappa shape index (κ2) is 11.6. The lowest BCUT2D eigenvalue weighted by Crippen LogP contribution is -2.46. The maximum absolute atomic E-state index is 13.9. The fourth-order valence-electron chi connectivity index (χ4n) is 4.06. The van der Waals surface area contributed by atoms with Crippen molar-refractivity contribution in [3.63, 3.8) is 0 Å². The molecule has 3 aromatic rings. The molecule has 0 unspecified atom stereocenters. The second-order valence-corrected chi connectivity index (χ2v) is 9.08. The van der Waals surface area contributed by atoms with Crippen molar-refractivity contribution in [1.29, 1.82) is 0 Å². The molecule has 1 heterocycles. The summed E-state index contributed by atoms with van der Waals surface area (Å²) in [7, 11) is 1.51. The molecule has 4 rings (SSSR count). The number of amides is 1. The van der Waals surface area contributed by atoms with Crippen LogP contribution in [0.25, 0.3) is 6.08 Å². The highest BCUT2D eigenvalue weighted by Gasteiger charge is 2.18. The molecule has 35 heavy (non-hydrogen) atoms. The summed E-state index contributed by atoms with van der Waals surface area (Å²) in [5.74, 6) is 0.0223. The summed E-state index contributed by atoms with van der Waals surface area (Å²) in [5.41, 5.74) is 3.12. The van der Waals surface area contributed by atoms with Crippen molar-refractivity contribution in [2.75, 3.05) is 43.5 Å². The Kier molecular flexibility index (Phi) is 8.29. The van der Waals surface area contributed by atoms with E-state index in [0.717, 1.165) is 37.4 Å². The number of anilines is 2. The van der Waals surface area contributed by atoms with Gasteiger partial charge in [-0.1, -0.05) is 41.4 Å². The van der Waals surface area contributed by atoms with E-state index in [1.165, 1.54) is 19.3 Å². The van der Waals surface area contributed by atoms with Crippen LogP contribution < -0.4 is 15.0 Å². The van der Waals surface area contributed by atoms with Crippen molar-refractivity contribution in [2.45, 2.75) is 6.54 Å². The Morgan fingerprint density at radius 2 is 1.77 bits per heavy atom. The quantitative estimate of drug-likeness (QED) is 0.386. The van der Waals surface area contributed by atoms with Gasteiger partial charge in [-0.2, -0.15) is 0 Å². The van der Waals surface area contributed by atoms with Gasteiger partial charge in [-0.05, 0) is 48.5 Å². The molecule has 1 saturated heterocycles. The zero-order chi connectivity index (χ0) is 24.8. The van der Waals surface area contributed by atoms with Gasteiger partial charge in [0, 0.05) is 66.3 Å². The minimum absolute atomic E-state index is 0.155. The minimum atomic E-state index is -0.280. The third-order valence-electron chi connectivity index (χ3n) is 5.88. The number of piperazine rings is 1. The van der Waals surface area contributed by atoms with E-state index >= 15 is 0 Å². The van der Waals surface area contributed by atoms with E-state index < -0.39 is 0 Å². The number of carbonyl (C=O) groups excluding carboxylic acids is 1. The van der Waals surface area contributed by atoms with E-state index in [0.29, 0.717) is 33.6 Å². The van der Waals surface area contributed by atoms with E-state index in [2.05, 4.69) is 15.1 Å². The van der Waals surface area contributed by atoms with Crippen molar-refractivity contribution < 1.29 is 13.9 Å². The molecule has 0 saturated carbocycles. The van der Waals surface area contributed by atoms with E-state index in [4.69, 9.17) is 27.9 Å². The van der Waals surface area contributed by atoms with E-state index in [1.807, 2.05) is 36.4 Å². The lowest BCUT2D eigenvalue weighted by Gasteiger charge is -2.36. The molecule has 0 aliphatic carbocycles. The maximum Gasteiger partial charge on any atom is 0.248 e. The molecule has 1 N–H and O–H groups in total. The fraction of sp³-hybridized carbons (Fsp3) is 0.222. The van der Waals surface area contributed by atoms with Gasteiger partial charge in [0.05, 0.1) is 12.1 Å². The Balaban J connectivity index is 1.30. The summed E-state index contributed by atoms with van der Waals surface area (Å²) in [6, 6.07) is 17.9. The molecule has 0 bridgehead atoms. The van der Waals surface area contributed by atoms with Gasteiger partial charge >= 0.3 is 0 Å². The van der Waals surface area contributed by atoms with Crippen LogP contribution in [0.1, 0.15) is 11.1 Å². The van der Waals surface area contributed by atoms with Gasteiger partial charge in [-0.25, -0.2) is 4.39 Å². The number of hydrogen-bond donors (Lipinski definition) is 1. The van der Waals surface area contributed by atoms with Crippen LogP contribution in [0, 0.1) is 5.82 Å². The van der Waals surface area contributed by atoms with Crippen LogP contribution in [0.3, 0.4) is 0 Å². The van der Waals surface area contributed by atoms with E-state index in [9.17, 15) is 9.18 Å². The topological polar surface area (TPSA) is 44.8 Å². The zero-order valence-corrected chi connectivity index (χ0v) is 20.8. The average Bonchev–Trinajstić information content (AvgIpc) is 2.85. The Morgan fingerprint density at radius 3 is 2.46 bits per heavy atom. The molecular weight excluding hydrogens is 488 g/mol. The maximum atomic E-state index is 13.9. The molecule has 8 heteroatoms. The molecule has 0 radical (unpaired) electrons. The monoisotopic (exact) mass is 513 g/mol. The molecule has 0 atom stereocenters. The smallest absolute Gasteiger partial charge is 0.248 e. The molecule has 1 fully saturated rings. The predicted octanol–water partition coefficient (Wildman–Crippen LogP) is 6.12. The number of carbonyl (C=O) groups is 1. The summed E-state index contributed by atoms with van der Waals surface area (Å²) >= 11 is 12.2. The lowest BCUT2D eigenvalue weighted by molar-refractivity contribution is -0.111. The lowest BCUT2D eigenvalue weighted by atomic mass is 10.1.